The molecule has 0 saturated carbocycles. The van der Waals surface area contributed by atoms with Gasteiger partial charge in [0, 0.05) is 11.6 Å². The molecule has 3 nitrogen and oxygen atoms in total. The van der Waals surface area contributed by atoms with Gasteiger partial charge >= 0.3 is 0 Å². The predicted octanol–water partition coefficient (Wildman–Crippen LogP) is 2.30. The molecule has 5 heteroatoms. The van der Waals surface area contributed by atoms with Crippen LogP contribution in [0, 0.1) is 13.8 Å². The Balaban J connectivity index is 2.28. The highest BCUT2D eigenvalue weighted by molar-refractivity contribution is 7.11. The Bertz CT molecular complexity index is 395. The summed E-state index contributed by atoms with van der Waals surface area (Å²) in [6.07, 6.45) is 1.09. The second kappa shape index (κ2) is 3.76. The van der Waals surface area contributed by atoms with E-state index in [1.807, 2.05) is 19.2 Å². The molecule has 0 bridgehead atoms. The Kier molecular flexibility index (Phi) is 2.62. The third-order valence-corrected chi connectivity index (χ3v) is 3.58. The van der Waals surface area contributed by atoms with Crippen molar-refractivity contribution in [3.05, 3.63) is 32.2 Å². The van der Waals surface area contributed by atoms with Crippen molar-refractivity contribution in [1.29, 1.82) is 0 Å². The standard InChI is InChI=1S/C9H10N2OS2/c1-5-10-3-8(14-5)9(12)7-4-13-6(2)11-7/h3-4,9,12H,1-2H3. The summed E-state index contributed by atoms with van der Waals surface area (Å²) in [6, 6.07) is 0. The fourth-order valence-corrected chi connectivity index (χ4v) is 2.57. The van der Waals surface area contributed by atoms with E-state index in [0.29, 0.717) is 0 Å². The smallest absolute Gasteiger partial charge is 0.132 e. The molecule has 2 aromatic rings. The van der Waals surface area contributed by atoms with Gasteiger partial charge in [0.25, 0.3) is 0 Å². The first-order valence-corrected chi connectivity index (χ1v) is 5.89. The van der Waals surface area contributed by atoms with Crippen LogP contribution in [0.25, 0.3) is 0 Å². The van der Waals surface area contributed by atoms with Crippen LogP contribution in [0.4, 0.5) is 0 Å². The molecule has 2 aromatic heterocycles. The highest BCUT2D eigenvalue weighted by Gasteiger charge is 2.15. The molecule has 1 atom stereocenters. The summed E-state index contributed by atoms with van der Waals surface area (Å²) < 4.78 is 0. The summed E-state index contributed by atoms with van der Waals surface area (Å²) in [5.41, 5.74) is 0.719. The van der Waals surface area contributed by atoms with E-state index in [0.717, 1.165) is 20.6 Å². The van der Waals surface area contributed by atoms with Crippen molar-refractivity contribution in [2.24, 2.45) is 0 Å². The summed E-state index contributed by atoms with van der Waals surface area (Å²) in [7, 11) is 0. The van der Waals surface area contributed by atoms with Crippen molar-refractivity contribution in [3.8, 4) is 0 Å². The molecule has 0 aliphatic rings. The average molecular weight is 226 g/mol. The summed E-state index contributed by atoms with van der Waals surface area (Å²) in [6.45, 7) is 3.85. The van der Waals surface area contributed by atoms with Crippen molar-refractivity contribution in [3.63, 3.8) is 0 Å². The molecule has 0 aromatic carbocycles. The van der Waals surface area contributed by atoms with Gasteiger partial charge in [-0.2, -0.15) is 0 Å². The first kappa shape index (κ1) is 9.76. The van der Waals surface area contributed by atoms with E-state index >= 15 is 0 Å². The molecule has 74 valence electrons. The molecule has 0 aliphatic carbocycles. The minimum atomic E-state index is -0.619. The van der Waals surface area contributed by atoms with Crippen molar-refractivity contribution in [2.75, 3.05) is 0 Å². The van der Waals surface area contributed by atoms with Crippen LogP contribution >= 0.6 is 22.7 Å². The quantitative estimate of drug-likeness (QED) is 0.854. The molecule has 1 unspecified atom stereocenters. The van der Waals surface area contributed by atoms with Gasteiger partial charge < -0.3 is 5.11 Å². The third kappa shape index (κ3) is 1.84. The summed E-state index contributed by atoms with van der Waals surface area (Å²) in [4.78, 5) is 9.20. The number of rotatable bonds is 2. The van der Waals surface area contributed by atoms with Gasteiger partial charge in [-0.05, 0) is 13.8 Å². The van der Waals surface area contributed by atoms with Gasteiger partial charge in [0.2, 0.25) is 0 Å². The van der Waals surface area contributed by atoms with Crippen molar-refractivity contribution < 1.29 is 5.11 Å². The fraction of sp³-hybridized carbons (Fsp3) is 0.333. The van der Waals surface area contributed by atoms with Gasteiger partial charge in [-0.25, -0.2) is 9.97 Å². The largest absolute Gasteiger partial charge is 0.381 e. The van der Waals surface area contributed by atoms with E-state index < -0.39 is 6.10 Å². The lowest BCUT2D eigenvalue weighted by molar-refractivity contribution is 0.219. The molecule has 14 heavy (non-hydrogen) atoms. The normalized spacial score (nSPS) is 13.1. The third-order valence-electron chi connectivity index (χ3n) is 1.83. The van der Waals surface area contributed by atoms with Crippen molar-refractivity contribution in [1.82, 2.24) is 9.97 Å². The van der Waals surface area contributed by atoms with Crippen LogP contribution in [-0.2, 0) is 0 Å². The van der Waals surface area contributed by atoms with Crippen LogP contribution < -0.4 is 0 Å². The lowest BCUT2D eigenvalue weighted by Crippen LogP contribution is -1.97. The average Bonchev–Trinajstić information content (AvgIpc) is 2.73. The molecule has 0 fully saturated rings. The van der Waals surface area contributed by atoms with Crippen LogP contribution in [-0.4, -0.2) is 15.1 Å². The number of nitrogens with zero attached hydrogens (tertiary/aromatic N) is 2. The van der Waals surface area contributed by atoms with Crippen LogP contribution in [0.15, 0.2) is 11.6 Å². The second-order valence-corrected chi connectivity index (χ2v) is 5.30. The van der Waals surface area contributed by atoms with Crippen molar-refractivity contribution >= 4 is 22.7 Å². The van der Waals surface area contributed by atoms with E-state index in [1.54, 1.807) is 17.5 Å². The molecule has 1 N–H and O–H groups in total. The highest BCUT2D eigenvalue weighted by atomic mass is 32.1. The molecule has 0 saturated heterocycles. The van der Waals surface area contributed by atoms with E-state index in [-0.39, 0.29) is 0 Å². The molecule has 2 heterocycles. The first-order chi connectivity index (χ1) is 6.66. The van der Waals surface area contributed by atoms with Crippen LogP contribution in [0.3, 0.4) is 0 Å². The Hall–Kier alpha value is -0.780. The van der Waals surface area contributed by atoms with Crippen molar-refractivity contribution in [2.45, 2.75) is 20.0 Å². The Morgan fingerprint density at radius 3 is 2.64 bits per heavy atom. The SMILES string of the molecule is Cc1nc(C(O)c2cnc(C)s2)cs1. The van der Waals surface area contributed by atoms with Gasteiger partial charge in [-0.3, -0.25) is 0 Å². The zero-order valence-electron chi connectivity index (χ0n) is 7.89. The van der Waals surface area contributed by atoms with Gasteiger partial charge in [-0.1, -0.05) is 0 Å². The number of hydrogen-bond acceptors (Lipinski definition) is 5. The van der Waals surface area contributed by atoms with Gasteiger partial charge in [0.05, 0.1) is 20.6 Å². The Morgan fingerprint density at radius 2 is 2.14 bits per heavy atom. The predicted molar refractivity (Wildman–Crippen MR) is 57.8 cm³/mol. The summed E-state index contributed by atoms with van der Waals surface area (Å²) in [5, 5.41) is 13.8. The summed E-state index contributed by atoms with van der Waals surface area (Å²) in [5.74, 6) is 0. The molecular weight excluding hydrogens is 216 g/mol. The first-order valence-electron chi connectivity index (χ1n) is 4.19. The number of thiazole rings is 2. The van der Waals surface area contributed by atoms with Crippen LogP contribution in [0.5, 0.6) is 0 Å². The zero-order valence-corrected chi connectivity index (χ0v) is 9.52. The monoisotopic (exact) mass is 226 g/mol. The Labute approximate surface area is 90.1 Å². The lowest BCUT2D eigenvalue weighted by Gasteiger charge is -2.02. The van der Waals surface area contributed by atoms with E-state index in [4.69, 9.17) is 0 Å². The molecule has 0 spiro atoms. The molecule has 0 amide bonds. The number of aliphatic hydroxyl groups is 1. The van der Waals surface area contributed by atoms with Gasteiger partial charge in [0.1, 0.15) is 6.10 Å². The number of aromatic nitrogens is 2. The lowest BCUT2D eigenvalue weighted by atomic mass is 10.2. The van der Waals surface area contributed by atoms with E-state index in [2.05, 4.69) is 9.97 Å². The topological polar surface area (TPSA) is 46.0 Å². The van der Waals surface area contributed by atoms with Crippen LogP contribution in [0.1, 0.15) is 26.7 Å². The second-order valence-electron chi connectivity index (χ2n) is 2.98. The molecule has 0 aliphatic heterocycles. The zero-order chi connectivity index (χ0) is 10.1. The number of aryl methyl sites for hydroxylation is 2. The molecule has 2 rings (SSSR count). The minimum absolute atomic E-state index is 0.619. The maximum Gasteiger partial charge on any atom is 0.132 e. The Morgan fingerprint density at radius 1 is 1.36 bits per heavy atom. The van der Waals surface area contributed by atoms with Gasteiger partial charge in [0.15, 0.2) is 0 Å². The van der Waals surface area contributed by atoms with Crippen LogP contribution in [0.2, 0.25) is 0 Å². The molecule has 0 radical (unpaired) electrons. The highest BCUT2D eigenvalue weighted by Crippen LogP contribution is 2.27. The number of aliphatic hydroxyl groups excluding tert-OH is 1. The minimum Gasteiger partial charge on any atom is -0.381 e. The van der Waals surface area contributed by atoms with E-state index in [9.17, 15) is 5.11 Å². The molecular formula is C9H10N2OS2. The maximum absolute atomic E-state index is 9.93. The number of hydrogen-bond donors (Lipinski definition) is 1. The fourth-order valence-electron chi connectivity index (χ4n) is 1.16. The maximum atomic E-state index is 9.93. The summed E-state index contributed by atoms with van der Waals surface area (Å²) >= 11 is 3.05. The van der Waals surface area contributed by atoms with E-state index in [1.165, 1.54) is 11.3 Å². The van der Waals surface area contributed by atoms with Gasteiger partial charge in [-0.15, -0.1) is 22.7 Å².